The molecule has 0 radical (unpaired) electrons. The molecule has 4 heteroatoms. The Morgan fingerprint density at radius 3 is 2.56 bits per heavy atom. The second kappa shape index (κ2) is 7.13. The third-order valence-corrected chi connectivity index (χ3v) is 2.80. The van der Waals surface area contributed by atoms with Crippen LogP contribution in [-0.2, 0) is 4.79 Å². The normalized spacial score (nSPS) is 21.1. The van der Waals surface area contributed by atoms with E-state index in [1.165, 1.54) is 12.8 Å². The SMILES string of the molecule is CC(C)(C)CCNC(=O)[C@@H]1CCCCN1.Cl. The zero-order chi connectivity index (χ0) is 11.3. The quantitative estimate of drug-likeness (QED) is 0.803. The summed E-state index contributed by atoms with van der Waals surface area (Å²) in [6.45, 7) is 8.35. The van der Waals surface area contributed by atoms with Gasteiger partial charge < -0.3 is 10.6 Å². The van der Waals surface area contributed by atoms with Crippen LogP contribution in [0.25, 0.3) is 0 Å². The van der Waals surface area contributed by atoms with Crippen LogP contribution in [-0.4, -0.2) is 25.0 Å². The van der Waals surface area contributed by atoms with Gasteiger partial charge in [0.15, 0.2) is 0 Å². The van der Waals surface area contributed by atoms with E-state index < -0.39 is 0 Å². The van der Waals surface area contributed by atoms with Gasteiger partial charge in [0.2, 0.25) is 5.91 Å². The van der Waals surface area contributed by atoms with Crippen molar-refractivity contribution in [3.63, 3.8) is 0 Å². The van der Waals surface area contributed by atoms with Crippen molar-refractivity contribution < 1.29 is 4.79 Å². The van der Waals surface area contributed by atoms with Gasteiger partial charge in [-0.15, -0.1) is 12.4 Å². The zero-order valence-corrected chi connectivity index (χ0v) is 11.5. The summed E-state index contributed by atoms with van der Waals surface area (Å²) in [5.41, 5.74) is 0.299. The summed E-state index contributed by atoms with van der Waals surface area (Å²) < 4.78 is 0. The molecule has 1 heterocycles. The molecular formula is C12H25ClN2O. The van der Waals surface area contributed by atoms with E-state index in [4.69, 9.17) is 0 Å². The van der Waals surface area contributed by atoms with Crippen molar-refractivity contribution in [2.75, 3.05) is 13.1 Å². The van der Waals surface area contributed by atoms with Crippen LogP contribution < -0.4 is 10.6 Å². The fourth-order valence-corrected chi connectivity index (χ4v) is 1.76. The Kier molecular flexibility index (Phi) is 7.00. The molecule has 1 amide bonds. The topological polar surface area (TPSA) is 41.1 Å². The molecule has 3 nitrogen and oxygen atoms in total. The van der Waals surface area contributed by atoms with E-state index in [1.54, 1.807) is 0 Å². The number of amides is 1. The van der Waals surface area contributed by atoms with Crippen LogP contribution >= 0.6 is 12.4 Å². The summed E-state index contributed by atoms with van der Waals surface area (Å²) >= 11 is 0. The minimum absolute atomic E-state index is 0. The lowest BCUT2D eigenvalue weighted by Gasteiger charge is -2.24. The van der Waals surface area contributed by atoms with Crippen molar-refractivity contribution in [1.29, 1.82) is 0 Å². The maximum Gasteiger partial charge on any atom is 0.237 e. The summed E-state index contributed by atoms with van der Waals surface area (Å²) in [6, 6.07) is 0.0544. The van der Waals surface area contributed by atoms with E-state index in [0.29, 0.717) is 5.41 Å². The highest BCUT2D eigenvalue weighted by molar-refractivity contribution is 5.85. The Balaban J connectivity index is 0.00000225. The van der Waals surface area contributed by atoms with Gasteiger partial charge in [-0.25, -0.2) is 0 Å². The van der Waals surface area contributed by atoms with E-state index in [2.05, 4.69) is 31.4 Å². The van der Waals surface area contributed by atoms with Crippen LogP contribution in [0.2, 0.25) is 0 Å². The van der Waals surface area contributed by atoms with Crippen LogP contribution in [0.3, 0.4) is 0 Å². The highest BCUT2D eigenvalue weighted by Gasteiger charge is 2.20. The molecule has 1 aliphatic heterocycles. The Morgan fingerprint density at radius 2 is 2.06 bits per heavy atom. The molecule has 0 aromatic carbocycles. The van der Waals surface area contributed by atoms with Crippen LogP contribution in [0, 0.1) is 5.41 Å². The number of hydrogen-bond donors (Lipinski definition) is 2. The van der Waals surface area contributed by atoms with E-state index >= 15 is 0 Å². The van der Waals surface area contributed by atoms with Crippen molar-refractivity contribution in [2.24, 2.45) is 5.41 Å². The van der Waals surface area contributed by atoms with Crippen molar-refractivity contribution in [1.82, 2.24) is 10.6 Å². The standard InChI is InChI=1S/C12H24N2O.ClH/c1-12(2,3)7-9-14-11(15)10-6-4-5-8-13-10;/h10,13H,4-9H2,1-3H3,(H,14,15);1H/t10-;/m0./s1. The maximum absolute atomic E-state index is 11.7. The first-order valence-corrected chi connectivity index (χ1v) is 6.00. The van der Waals surface area contributed by atoms with Crippen molar-refractivity contribution in [3.8, 4) is 0 Å². The molecule has 0 spiro atoms. The van der Waals surface area contributed by atoms with Gasteiger partial charge in [0.1, 0.15) is 0 Å². The first kappa shape index (κ1) is 15.7. The Bertz CT molecular complexity index is 208. The number of piperidine rings is 1. The second-order valence-corrected chi connectivity index (χ2v) is 5.60. The minimum Gasteiger partial charge on any atom is -0.355 e. The number of nitrogens with one attached hydrogen (secondary N) is 2. The van der Waals surface area contributed by atoms with Crippen molar-refractivity contribution >= 4 is 18.3 Å². The minimum atomic E-state index is 0. The molecule has 2 N–H and O–H groups in total. The largest absolute Gasteiger partial charge is 0.355 e. The maximum atomic E-state index is 11.7. The highest BCUT2D eigenvalue weighted by Crippen LogP contribution is 2.17. The predicted molar refractivity (Wildman–Crippen MR) is 70.0 cm³/mol. The number of carbonyl (C=O) groups excluding carboxylic acids is 1. The van der Waals surface area contributed by atoms with Gasteiger partial charge in [-0.05, 0) is 31.2 Å². The third kappa shape index (κ3) is 6.33. The number of hydrogen-bond acceptors (Lipinski definition) is 2. The fourth-order valence-electron chi connectivity index (χ4n) is 1.76. The lowest BCUT2D eigenvalue weighted by Crippen LogP contribution is -2.47. The molecule has 96 valence electrons. The van der Waals surface area contributed by atoms with Gasteiger partial charge >= 0.3 is 0 Å². The molecule has 1 fully saturated rings. The average Bonchev–Trinajstić information content (AvgIpc) is 2.17. The highest BCUT2D eigenvalue weighted by atomic mass is 35.5. The Morgan fingerprint density at radius 1 is 1.38 bits per heavy atom. The predicted octanol–water partition coefficient (Wildman–Crippen LogP) is 2.10. The Labute approximate surface area is 105 Å². The van der Waals surface area contributed by atoms with Crippen LogP contribution in [0.1, 0.15) is 46.5 Å². The summed E-state index contributed by atoms with van der Waals surface area (Å²) in [4.78, 5) is 11.7. The second-order valence-electron chi connectivity index (χ2n) is 5.60. The first-order valence-electron chi connectivity index (χ1n) is 6.00. The van der Waals surface area contributed by atoms with Gasteiger partial charge in [-0.3, -0.25) is 4.79 Å². The molecule has 16 heavy (non-hydrogen) atoms. The van der Waals surface area contributed by atoms with Crippen LogP contribution in [0.5, 0.6) is 0 Å². The third-order valence-electron chi connectivity index (χ3n) is 2.80. The number of carbonyl (C=O) groups is 1. The van der Waals surface area contributed by atoms with Gasteiger partial charge in [-0.2, -0.15) is 0 Å². The first-order chi connectivity index (χ1) is 6.99. The molecule has 0 bridgehead atoms. The molecule has 1 atom stereocenters. The summed E-state index contributed by atoms with van der Waals surface area (Å²) in [5.74, 6) is 0.180. The monoisotopic (exact) mass is 248 g/mol. The smallest absolute Gasteiger partial charge is 0.237 e. The van der Waals surface area contributed by atoms with E-state index in [9.17, 15) is 4.79 Å². The van der Waals surface area contributed by atoms with E-state index in [-0.39, 0.29) is 24.4 Å². The molecule has 1 saturated heterocycles. The summed E-state index contributed by atoms with van der Waals surface area (Å²) in [6.07, 6.45) is 4.39. The zero-order valence-electron chi connectivity index (χ0n) is 10.6. The van der Waals surface area contributed by atoms with Gasteiger partial charge in [-0.1, -0.05) is 27.2 Å². The molecule has 1 rings (SSSR count). The Hall–Kier alpha value is -0.280. The molecule has 0 saturated carbocycles. The summed E-state index contributed by atoms with van der Waals surface area (Å²) in [7, 11) is 0. The van der Waals surface area contributed by atoms with E-state index in [0.717, 1.165) is 25.9 Å². The lowest BCUT2D eigenvalue weighted by molar-refractivity contribution is -0.123. The molecule has 0 aromatic heterocycles. The molecular weight excluding hydrogens is 224 g/mol. The van der Waals surface area contributed by atoms with Gasteiger partial charge in [0.25, 0.3) is 0 Å². The van der Waals surface area contributed by atoms with E-state index in [1.807, 2.05) is 0 Å². The van der Waals surface area contributed by atoms with Gasteiger partial charge in [0, 0.05) is 6.54 Å². The van der Waals surface area contributed by atoms with Crippen molar-refractivity contribution in [2.45, 2.75) is 52.5 Å². The molecule has 0 aromatic rings. The molecule has 1 aliphatic rings. The molecule has 0 unspecified atom stereocenters. The lowest BCUT2D eigenvalue weighted by atomic mass is 9.92. The van der Waals surface area contributed by atoms with Gasteiger partial charge in [0.05, 0.1) is 6.04 Å². The number of rotatable bonds is 3. The average molecular weight is 249 g/mol. The van der Waals surface area contributed by atoms with Crippen LogP contribution in [0.15, 0.2) is 0 Å². The molecule has 0 aliphatic carbocycles. The van der Waals surface area contributed by atoms with Crippen LogP contribution in [0.4, 0.5) is 0 Å². The summed E-state index contributed by atoms with van der Waals surface area (Å²) in [5, 5.41) is 6.26. The fraction of sp³-hybridized carbons (Fsp3) is 0.917. The number of halogens is 1. The van der Waals surface area contributed by atoms with Crippen molar-refractivity contribution in [3.05, 3.63) is 0 Å².